The molecule has 0 atom stereocenters. The first-order chi connectivity index (χ1) is 9.30. The van der Waals surface area contributed by atoms with Crippen molar-refractivity contribution in [2.75, 3.05) is 0 Å². The van der Waals surface area contributed by atoms with Crippen LogP contribution in [-0.2, 0) is 12.1 Å². The Kier molecular flexibility index (Phi) is 4.62. The second-order valence-corrected chi connectivity index (χ2v) is 5.24. The van der Waals surface area contributed by atoms with Crippen LogP contribution in [0.1, 0.15) is 25.0 Å². The van der Waals surface area contributed by atoms with E-state index in [1.807, 2.05) is 0 Å². The van der Waals surface area contributed by atoms with E-state index in [-0.39, 0.29) is 23.6 Å². The highest BCUT2D eigenvalue weighted by atomic mass is 19.4. The number of halogens is 7. The minimum atomic E-state index is -6.10. The fourth-order valence-electron chi connectivity index (χ4n) is 2.06. The first-order valence-electron chi connectivity index (χ1n) is 6.08. The van der Waals surface area contributed by atoms with Gasteiger partial charge in [0.25, 0.3) is 0 Å². The molecule has 0 heterocycles. The second-order valence-electron chi connectivity index (χ2n) is 5.24. The Morgan fingerprint density at radius 3 is 1.81 bits per heavy atom. The summed E-state index contributed by atoms with van der Waals surface area (Å²) in [7, 11) is 0. The second kappa shape index (κ2) is 5.47. The molecule has 3 N–H and O–H groups in total. The summed E-state index contributed by atoms with van der Waals surface area (Å²) >= 11 is 0. The van der Waals surface area contributed by atoms with Crippen molar-refractivity contribution in [3.8, 4) is 0 Å². The molecule has 1 aromatic rings. The standard InChI is InChI=1S/C13H14F7N/c1-7(2)5-8-6-9(21)3-4-10(8)11(14,12(15,16)17)13(18,19)20/h3-4,6-7H,5,21H2,1-2H3/p+1. The Morgan fingerprint density at radius 2 is 1.43 bits per heavy atom. The van der Waals surface area contributed by atoms with Crippen molar-refractivity contribution >= 4 is 5.69 Å². The van der Waals surface area contributed by atoms with Crippen LogP contribution >= 0.6 is 0 Å². The summed E-state index contributed by atoms with van der Waals surface area (Å²) in [4.78, 5) is 0. The number of quaternary nitrogens is 1. The van der Waals surface area contributed by atoms with E-state index in [0.717, 1.165) is 12.1 Å². The van der Waals surface area contributed by atoms with Crippen LogP contribution in [-0.4, -0.2) is 12.4 Å². The molecule has 1 nitrogen and oxygen atoms in total. The van der Waals surface area contributed by atoms with Gasteiger partial charge in [-0.2, -0.15) is 26.3 Å². The van der Waals surface area contributed by atoms with E-state index in [9.17, 15) is 30.7 Å². The number of hydrogen-bond acceptors (Lipinski definition) is 0. The average Bonchev–Trinajstić information content (AvgIpc) is 2.24. The summed E-state index contributed by atoms with van der Waals surface area (Å²) in [5.41, 5.74) is -3.47. The lowest BCUT2D eigenvalue weighted by Gasteiger charge is -2.32. The van der Waals surface area contributed by atoms with Crippen LogP contribution in [0.15, 0.2) is 18.2 Å². The van der Waals surface area contributed by atoms with Crippen LogP contribution in [0.2, 0.25) is 0 Å². The molecule has 21 heavy (non-hydrogen) atoms. The molecule has 1 rings (SSSR count). The highest BCUT2D eigenvalue weighted by molar-refractivity contribution is 5.43. The van der Waals surface area contributed by atoms with Crippen molar-refractivity contribution in [3.05, 3.63) is 29.3 Å². The molecule has 0 aliphatic heterocycles. The summed E-state index contributed by atoms with van der Waals surface area (Å²) in [5, 5.41) is 0. The number of alkyl halides is 7. The zero-order chi connectivity index (χ0) is 16.6. The predicted octanol–water partition coefficient (Wildman–Crippen LogP) is 4.05. The highest BCUT2D eigenvalue weighted by Crippen LogP contribution is 2.54. The lowest BCUT2D eigenvalue weighted by molar-refractivity contribution is -0.349. The maximum absolute atomic E-state index is 14.1. The molecule has 0 aliphatic carbocycles. The normalized spacial score (nSPS) is 13.9. The van der Waals surface area contributed by atoms with E-state index < -0.39 is 23.6 Å². The van der Waals surface area contributed by atoms with Gasteiger partial charge in [0.2, 0.25) is 0 Å². The van der Waals surface area contributed by atoms with Crippen LogP contribution in [0.3, 0.4) is 0 Å². The minimum absolute atomic E-state index is 0.115. The van der Waals surface area contributed by atoms with Crippen molar-refractivity contribution in [3.63, 3.8) is 0 Å². The summed E-state index contributed by atoms with van der Waals surface area (Å²) in [6, 6.07) is 2.51. The SMILES string of the molecule is CC(C)Cc1cc([NH3+])ccc1C(F)(C(F)(F)F)C(F)(F)F. The summed E-state index contributed by atoms with van der Waals surface area (Å²) < 4.78 is 90.9. The number of rotatable bonds is 3. The molecule has 1 aromatic carbocycles. The van der Waals surface area contributed by atoms with Gasteiger partial charge in [0.05, 0.1) is 0 Å². The third-order valence-corrected chi connectivity index (χ3v) is 2.95. The first-order valence-corrected chi connectivity index (χ1v) is 6.08. The van der Waals surface area contributed by atoms with Gasteiger partial charge in [-0.15, -0.1) is 0 Å². The quantitative estimate of drug-likeness (QED) is 0.815. The Bertz CT molecular complexity index is 488. The van der Waals surface area contributed by atoms with Gasteiger partial charge in [0.15, 0.2) is 0 Å². The molecule has 120 valence electrons. The molecule has 0 aromatic heterocycles. The fourth-order valence-corrected chi connectivity index (χ4v) is 2.06. The van der Waals surface area contributed by atoms with Crippen molar-refractivity contribution in [2.45, 2.75) is 38.3 Å². The van der Waals surface area contributed by atoms with Crippen molar-refractivity contribution in [1.82, 2.24) is 0 Å². The van der Waals surface area contributed by atoms with Gasteiger partial charge in [-0.3, -0.25) is 0 Å². The monoisotopic (exact) mass is 318 g/mol. The molecule has 0 fully saturated rings. The average molecular weight is 318 g/mol. The highest BCUT2D eigenvalue weighted by Gasteiger charge is 2.74. The summed E-state index contributed by atoms with van der Waals surface area (Å²) in [6.45, 7) is 3.22. The molecule has 0 saturated heterocycles. The van der Waals surface area contributed by atoms with E-state index in [4.69, 9.17) is 0 Å². The van der Waals surface area contributed by atoms with Crippen molar-refractivity contribution in [2.24, 2.45) is 5.92 Å². The van der Waals surface area contributed by atoms with Crippen LogP contribution in [0.4, 0.5) is 36.4 Å². The Labute approximate surface area is 116 Å². The topological polar surface area (TPSA) is 27.6 Å². The van der Waals surface area contributed by atoms with Crippen LogP contribution < -0.4 is 5.73 Å². The Balaban J connectivity index is 3.60. The van der Waals surface area contributed by atoms with Gasteiger partial charge >= 0.3 is 18.0 Å². The Hall–Kier alpha value is -1.31. The van der Waals surface area contributed by atoms with Gasteiger partial charge in [0.1, 0.15) is 5.69 Å². The van der Waals surface area contributed by atoms with Crippen molar-refractivity contribution in [1.29, 1.82) is 0 Å². The zero-order valence-electron chi connectivity index (χ0n) is 11.4. The van der Waals surface area contributed by atoms with E-state index >= 15 is 0 Å². The molecule has 0 aliphatic rings. The molecule has 0 spiro atoms. The summed E-state index contributed by atoms with van der Waals surface area (Å²) in [6.07, 6.45) is -12.3. The molecule has 8 heteroatoms. The van der Waals surface area contributed by atoms with E-state index in [2.05, 4.69) is 5.73 Å². The lowest BCUT2D eigenvalue weighted by atomic mass is 9.86. The van der Waals surface area contributed by atoms with Gasteiger partial charge < -0.3 is 5.73 Å². The molecule has 0 saturated carbocycles. The van der Waals surface area contributed by atoms with Crippen molar-refractivity contribution < 1.29 is 36.5 Å². The van der Waals surface area contributed by atoms with E-state index in [0.29, 0.717) is 6.07 Å². The third kappa shape index (κ3) is 3.30. The molecule has 0 unspecified atom stereocenters. The zero-order valence-corrected chi connectivity index (χ0v) is 11.4. The summed E-state index contributed by atoms with van der Waals surface area (Å²) in [5.74, 6) is -0.240. The lowest BCUT2D eigenvalue weighted by Crippen LogP contribution is -2.51. The van der Waals surface area contributed by atoms with E-state index in [1.54, 1.807) is 13.8 Å². The van der Waals surface area contributed by atoms with Crippen LogP contribution in [0, 0.1) is 5.92 Å². The largest absolute Gasteiger partial charge is 0.435 e. The number of hydrogen-bond donors (Lipinski definition) is 1. The van der Waals surface area contributed by atoms with Gasteiger partial charge in [-0.1, -0.05) is 13.8 Å². The smallest absolute Gasteiger partial charge is 0.325 e. The predicted molar refractivity (Wildman–Crippen MR) is 62.4 cm³/mol. The molecule has 0 radical (unpaired) electrons. The first kappa shape index (κ1) is 17.7. The molecule has 0 amide bonds. The minimum Gasteiger partial charge on any atom is -0.325 e. The van der Waals surface area contributed by atoms with Gasteiger partial charge in [-0.25, -0.2) is 4.39 Å². The Morgan fingerprint density at radius 1 is 0.952 bits per heavy atom. The molecular formula is C13H15F7N+. The van der Waals surface area contributed by atoms with Crippen LogP contribution in [0.5, 0.6) is 0 Å². The van der Waals surface area contributed by atoms with Crippen LogP contribution in [0.25, 0.3) is 0 Å². The van der Waals surface area contributed by atoms with E-state index in [1.165, 1.54) is 0 Å². The van der Waals surface area contributed by atoms with Gasteiger partial charge in [0, 0.05) is 11.6 Å². The maximum atomic E-state index is 14.1. The van der Waals surface area contributed by atoms with Gasteiger partial charge in [-0.05, 0) is 30.0 Å². The molecule has 0 bridgehead atoms. The third-order valence-electron chi connectivity index (χ3n) is 2.95. The number of benzene rings is 1. The molecular weight excluding hydrogens is 303 g/mol. The maximum Gasteiger partial charge on any atom is 0.435 e. The fraction of sp³-hybridized carbons (Fsp3) is 0.538.